The first-order valence-electron chi connectivity index (χ1n) is 5.36. The van der Waals surface area contributed by atoms with Gasteiger partial charge in [-0.3, -0.25) is 0 Å². The van der Waals surface area contributed by atoms with Crippen LogP contribution in [-0.2, 0) is 11.2 Å². The van der Waals surface area contributed by atoms with E-state index in [1.54, 1.807) is 6.20 Å². The van der Waals surface area contributed by atoms with Gasteiger partial charge in [-0.2, -0.15) is 0 Å². The average Bonchev–Trinajstić information content (AvgIpc) is 2.25. The van der Waals surface area contributed by atoms with Gasteiger partial charge in [-0.1, -0.05) is 6.07 Å². The minimum absolute atomic E-state index is 0.0260. The molecule has 5 heteroatoms. The fourth-order valence-corrected chi connectivity index (χ4v) is 1.87. The molecule has 1 aromatic heterocycles. The second-order valence-corrected chi connectivity index (χ2v) is 7.60. The molecule has 0 N–H and O–H groups in total. The topological polar surface area (TPSA) is 48.3 Å². The van der Waals surface area contributed by atoms with E-state index in [0.29, 0.717) is 0 Å². The summed E-state index contributed by atoms with van der Waals surface area (Å²) in [5.74, 6) is 0. The Hall–Kier alpha value is -0.390. The molecular weight excluding hydrogens is 300 g/mol. The van der Waals surface area contributed by atoms with Gasteiger partial charge in [-0.05, 0) is 55.3 Å². The smallest absolute Gasteiger partial charge is 0.204 e. The van der Waals surface area contributed by atoms with Crippen molar-refractivity contribution in [2.45, 2.75) is 38.5 Å². The summed E-state index contributed by atoms with van der Waals surface area (Å²) in [6.07, 6.45) is 1.77. The molecule has 0 aliphatic rings. The molecule has 3 nitrogen and oxygen atoms in total. The molecule has 0 amide bonds. The summed E-state index contributed by atoms with van der Waals surface area (Å²) in [6.45, 7) is 7.75. The molecule has 0 spiro atoms. The molecule has 0 aliphatic heterocycles. The fraction of sp³-hybridized carbons (Fsp3) is 0.500. The van der Waals surface area contributed by atoms with Gasteiger partial charge in [0.2, 0.25) is 5.55 Å². The molecule has 1 unspecified atom stereocenters. The van der Waals surface area contributed by atoms with Crippen molar-refractivity contribution in [2.75, 3.05) is 0 Å². The largest absolute Gasteiger partial charge is 0.610 e. The third-order valence-electron chi connectivity index (χ3n) is 2.22. The van der Waals surface area contributed by atoms with Crippen molar-refractivity contribution in [3.63, 3.8) is 0 Å². The number of halogens is 1. The Labute approximate surface area is 114 Å². The molecule has 0 saturated carbocycles. The summed E-state index contributed by atoms with van der Waals surface area (Å²) >= 11 is 2.23. The molecule has 0 bridgehead atoms. The molecule has 1 aromatic rings. The van der Waals surface area contributed by atoms with Gasteiger partial charge in [0.15, 0.2) is 0 Å². The molecule has 1 heterocycles. The normalized spacial score (nSPS) is 16.1. The quantitative estimate of drug-likeness (QED) is 0.371. The van der Waals surface area contributed by atoms with E-state index in [9.17, 15) is 4.55 Å². The van der Waals surface area contributed by atoms with Crippen molar-refractivity contribution in [1.82, 2.24) is 4.98 Å². The van der Waals surface area contributed by atoms with E-state index in [4.69, 9.17) is 0 Å². The minimum atomic E-state index is -1.06. The molecular formula is C12H17BrN2OS. The van der Waals surface area contributed by atoms with E-state index in [0.717, 1.165) is 10.2 Å². The standard InChI is InChI=1S/C12H17BrN2OS/c1-9(10-5-6-11(13)14-7-10)15-8-17(16)12(2,3)4/h5-9H,1-4H3/b15-8-/t9-,17?/m0/s1. The minimum Gasteiger partial charge on any atom is -0.610 e. The molecule has 0 aromatic carbocycles. The Morgan fingerprint density at radius 2 is 2.12 bits per heavy atom. The first-order valence-corrected chi connectivity index (χ1v) is 7.37. The van der Waals surface area contributed by atoms with Gasteiger partial charge in [-0.25, -0.2) is 9.98 Å². The van der Waals surface area contributed by atoms with Crippen LogP contribution >= 0.6 is 15.9 Å². The first-order chi connectivity index (χ1) is 7.80. The predicted octanol–water partition coefficient (Wildman–Crippen LogP) is 3.48. The van der Waals surface area contributed by atoms with Crippen LogP contribution in [0.25, 0.3) is 0 Å². The van der Waals surface area contributed by atoms with E-state index in [1.165, 1.54) is 5.55 Å². The van der Waals surface area contributed by atoms with E-state index in [2.05, 4.69) is 25.9 Å². The Balaban J connectivity index is 2.69. The molecule has 94 valence electrons. The molecule has 2 atom stereocenters. The number of nitrogens with zero attached hydrogens (tertiary/aromatic N) is 2. The van der Waals surface area contributed by atoms with Gasteiger partial charge < -0.3 is 4.55 Å². The average molecular weight is 317 g/mol. The SMILES string of the molecule is C[C@H](/N=C\[S+]([O-])C(C)(C)C)c1ccc(Br)nc1. The molecule has 1 rings (SSSR count). The molecule has 0 saturated heterocycles. The van der Waals surface area contributed by atoms with Gasteiger partial charge >= 0.3 is 0 Å². The maximum absolute atomic E-state index is 11.8. The van der Waals surface area contributed by atoms with Crippen molar-refractivity contribution < 1.29 is 4.55 Å². The zero-order chi connectivity index (χ0) is 13.1. The lowest BCUT2D eigenvalue weighted by Gasteiger charge is -2.20. The van der Waals surface area contributed by atoms with Crippen molar-refractivity contribution in [3.8, 4) is 0 Å². The summed E-state index contributed by atoms with van der Waals surface area (Å²) in [6, 6.07) is 3.81. The monoisotopic (exact) mass is 316 g/mol. The first kappa shape index (κ1) is 14.7. The van der Waals surface area contributed by atoms with Crippen LogP contribution in [0.1, 0.15) is 39.3 Å². The Bertz CT molecular complexity index is 386. The van der Waals surface area contributed by atoms with E-state index >= 15 is 0 Å². The maximum atomic E-state index is 11.8. The van der Waals surface area contributed by atoms with Crippen LogP contribution in [0.15, 0.2) is 27.9 Å². The summed E-state index contributed by atoms with van der Waals surface area (Å²) in [5.41, 5.74) is 2.54. The third-order valence-corrected chi connectivity index (χ3v) is 4.21. The van der Waals surface area contributed by atoms with Crippen LogP contribution in [0.3, 0.4) is 0 Å². The Morgan fingerprint density at radius 1 is 1.47 bits per heavy atom. The summed E-state index contributed by atoms with van der Waals surface area (Å²) in [7, 11) is 0. The van der Waals surface area contributed by atoms with Gasteiger partial charge in [0.1, 0.15) is 9.35 Å². The van der Waals surface area contributed by atoms with Crippen LogP contribution in [0, 0.1) is 0 Å². The molecule has 0 fully saturated rings. The summed E-state index contributed by atoms with van der Waals surface area (Å²) < 4.78 is 12.3. The van der Waals surface area contributed by atoms with Crippen molar-refractivity contribution in [1.29, 1.82) is 0 Å². The van der Waals surface area contributed by atoms with E-state index in [-0.39, 0.29) is 10.8 Å². The zero-order valence-electron chi connectivity index (χ0n) is 10.5. The zero-order valence-corrected chi connectivity index (χ0v) is 12.9. The van der Waals surface area contributed by atoms with Crippen LogP contribution < -0.4 is 0 Å². The van der Waals surface area contributed by atoms with Crippen molar-refractivity contribution >= 4 is 32.7 Å². The number of pyridine rings is 1. The number of hydrogen-bond donors (Lipinski definition) is 0. The third kappa shape index (κ3) is 4.77. The second-order valence-electron chi connectivity index (χ2n) is 4.75. The lowest BCUT2D eigenvalue weighted by molar-refractivity contribution is 0.573. The highest BCUT2D eigenvalue weighted by molar-refractivity contribution is 9.10. The molecule has 0 radical (unpaired) electrons. The Morgan fingerprint density at radius 3 is 2.59 bits per heavy atom. The predicted molar refractivity (Wildman–Crippen MR) is 76.7 cm³/mol. The van der Waals surface area contributed by atoms with Gasteiger partial charge in [0.25, 0.3) is 0 Å². The van der Waals surface area contributed by atoms with Crippen LogP contribution in [-0.4, -0.2) is 19.8 Å². The lowest BCUT2D eigenvalue weighted by atomic mass is 10.2. The van der Waals surface area contributed by atoms with Crippen molar-refractivity contribution in [2.24, 2.45) is 4.99 Å². The highest BCUT2D eigenvalue weighted by atomic mass is 79.9. The number of aliphatic imine (C=N–C) groups is 1. The number of rotatable bonds is 3. The molecule has 0 aliphatic carbocycles. The van der Waals surface area contributed by atoms with Gasteiger partial charge in [0.05, 0.1) is 6.04 Å². The van der Waals surface area contributed by atoms with Gasteiger partial charge in [0, 0.05) is 17.4 Å². The van der Waals surface area contributed by atoms with Crippen molar-refractivity contribution in [3.05, 3.63) is 28.5 Å². The molecule has 17 heavy (non-hydrogen) atoms. The highest BCUT2D eigenvalue weighted by Crippen LogP contribution is 2.19. The summed E-state index contributed by atoms with van der Waals surface area (Å²) in [4.78, 5) is 8.45. The highest BCUT2D eigenvalue weighted by Gasteiger charge is 2.24. The second kappa shape index (κ2) is 5.98. The summed E-state index contributed by atoms with van der Waals surface area (Å²) in [5, 5.41) is 0. The van der Waals surface area contributed by atoms with Crippen LogP contribution in [0.5, 0.6) is 0 Å². The van der Waals surface area contributed by atoms with E-state index in [1.807, 2.05) is 39.8 Å². The van der Waals surface area contributed by atoms with Crippen LogP contribution in [0.4, 0.5) is 0 Å². The van der Waals surface area contributed by atoms with E-state index < -0.39 is 11.2 Å². The number of aromatic nitrogens is 1. The van der Waals surface area contributed by atoms with Crippen LogP contribution in [0.2, 0.25) is 0 Å². The number of hydrogen-bond acceptors (Lipinski definition) is 3. The fourth-order valence-electron chi connectivity index (χ4n) is 1.03. The van der Waals surface area contributed by atoms with Gasteiger partial charge in [-0.15, -0.1) is 0 Å². The Kier molecular flexibility index (Phi) is 5.16. The maximum Gasteiger partial charge on any atom is 0.204 e. The lowest BCUT2D eigenvalue weighted by Crippen LogP contribution is -2.28.